The third-order valence-corrected chi connectivity index (χ3v) is 4.31. The van der Waals surface area contributed by atoms with E-state index in [1.54, 1.807) is 0 Å². The van der Waals surface area contributed by atoms with Crippen molar-refractivity contribution < 1.29 is 14.3 Å². The van der Waals surface area contributed by atoms with Crippen LogP contribution in [0.4, 0.5) is 0 Å². The fourth-order valence-corrected chi connectivity index (χ4v) is 2.83. The molecule has 3 rings (SSSR count). The van der Waals surface area contributed by atoms with Crippen molar-refractivity contribution in [3.05, 3.63) is 23.8 Å². The highest BCUT2D eigenvalue weighted by Gasteiger charge is 2.34. The van der Waals surface area contributed by atoms with E-state index in [9.17, 15) is 4.79 Å². The lowest BCUT2D eigenvalue weighted by atomic mass is 9.75. The number of hydrogen-bond acceptors (Lipinski definition) is 4. The molecule has 1 heterocycles. The van der Waals surface area contributed by atoms with Crippen LogP contribution in [0.15, 0.2) is 18.2 Å². The van der Waals surface area contributed by atoms with Gasteiger partial charge in [-0.05, 0) is 43.9 Å². The van der Waals surface area contributed by atoms with Gasteiger partial charge >= 0.3 is 0 Å². The molecule has 0 spiro atoms. The van der Waals surface area contributed by atoms with Crippen molar-refractivity contribution in [3.8, 4) is 11.5 Å². The predicted molar refractivity (Wildman–Crippen MR) is 79.4 cm³/mol. The van der Waals surface area contributed by atoms with E-state index in [-0.39, 0.29) is 17.5 Å². The molecule has 5 heteroatoms. The highest BCUT2D eigenvalue weighted by atomic mass is 16.6. The van der Waals surface area contributed by atoms with E-state index in [4.69, 9.17) is 15.2 Å². The van der Waals surface area contributed by atoms with Gasteiger partial charge in [0.25, 0.3) is 0 Å². The Hall–Kier alpha value is -1.75. The zero-order chi connectivity index (χ0) is 14.9. The first-order valence-electron chi connectivity index (χ1n) is 7.54. The minimum Gasteiger partial charge on any atom is -0.486 e. The van der Waals surface area contributed by atoms with Crippen LogP contribution in [-0.4, -0.2) is 24.7 Å². The molecule has 0 radical (unpaired) electrons. The second-order valence-electron chi connectivity index (χ2n) is 6.09. The Morgan fingerprint density at radius 3 is 2.71 bits per heavy atom. The SMILES string of the molecule is CC(NC(=O)CC1(N)CCC1)c1ccc2c(c1)OCCO2. The number of hydrogen-bond donors (Lipinski definition) is 2. The van der Waals surface area contributed by atoms with Crippen LogP contribution >= 0.6 is 0 Å². The first kappa shape index (κ1) is 14.2. The van der Waals surface area contributed by atoms with Crippen LogP contribution in [0.1, 0.15) is 44.2 Å². The summed E-state index contributed by atoms with van der Waals surface area (Å²) in [5.41, 5.74) is 6.84. The summed E-state index contributed by atoms with van der Waals surface area (Å²) < 4.78 is 11.1. The summed E-state index contributed by atoms with van der Waals surface area (Å²) in [5, 5.41) is 3.01. The van der Waals surface area contributed by atoms with Crippen LogP contribution < -0.4 is 20.5 Å². The van der Waals surface area contributed by atoms with E-state index >= 15 is 0 Å². The Morgan fingerprint density at radius 2 is 2.05 bits per heavy atom. The average Bonchev–Trinajstić information content (AvgIpc) is 2.45. The van der Waals surface area contributed by atoms with Gasteiger partial charge in [-0.2, -0.15) is 0 Å². The minimum atomic E-state index is -0.281. The summed E-state index contributed by atoms with van der Waals surface area (Å²) in [6.45, 7) is 3.11. The second-order valence-corrected chi connectivity index (χ2v) is 6.09. The molecule has 2 aliphatic rings. The van der Waals surface area contributed by atoms with Gasteiger partial charge in [-0.3, -0.25) is 4.79 Å². The second kappa shape index (κ2) is 5.56. The fraction of sp³-hybridized carbons (Fsp3) is 0.562. The normalized spacial score (nSPS) is 20.3. The molecule has 1 fully saturated rings. The molecule has 1 amide bonds. The summed E-state index contributed by atoms with van der Waals surface area (Å²) in [4.78, 5) is 12.1. The molecule has 5 nitrogen and oxygen atoms in total. The molecule has 1 unspecified atom stereocenters. The lowest BCUT2D eigenvalue weighted by Gasteiger charge is -2.37. The van der Waals surface area contributed by atoms with Crippen molar-refractivity contribution in [1.29, 1.82) is 0 Å². The van der Waals surface area contributed by atoms with Crippen LogP contribution in [0.5, 0.6) is 11.5 Å². The van der Waals surface area contributed by atoms with E-state index < -0.39 is 0 Å². The number of amides is 1. The monoisotopic (exact) mass is 290 g/mol. The van der Waals surface area contributed by atoms with Crippen LogP contribution in [-0.2, 0) is 4.79 Å². The van der Waals surface area contributed by atoms with Crippen LogP contribution in [0, 0.1) is 0 Å². The van der Waals surface area contributed by atoms with Crippen LogP contribution in [0.25, 0.3) is 0 Å². The Labute approximate surface area is 124 Å². The van der Waals surface area contributed by atoms with Gasteiger partial charge in [-0.15, -0.1) is 0 Å². The van der Waals surface area contributed by atoms with Crippen molar-refractivity contribution in [3.63, 3.8) is 0 Å². The van der Waals surface area contributed by atoms with Gasteiger partial charge in [0, 0.05) is 12.0 Å². The number of nitrogens with one attached hydrogen (secondary N) is 1. The average molecular weight is 290 g/mol. The fourth-order valence-electron chi connectivity index (χ4n) is 2.83. The number of nitrogens with two attached hydrogens (primary N) is 1. The van der Waals surface area contributed by atoms with Gasteiger partial charge in [-0.1, -0.05) is 6.07 Å². The zero-order valence-corrected chi connectivity index (χ0v) is 12.4. The molecule has 1 aliphatic heterocycles. The predicted octanol–water partition coefficient (Wildman–Crippen LogP) is 1.91. The Morgan fingerprint density at radius 1 is 1.33 bits per heavy atom. The minimum absolute atomic E-state index is 0.0135. The summed E-state index contributed by atoms with van der Waals surface area (Å²) in [6.07, 6.45) is 3.42. The van der Waals surface area contributed by atoms with Crippen LogP contribution in [0.2, 0.25) is 0 Å². The van der Waals surface area contributed by atoms with Gasteiger partial charge in [0.1, 0.15) is 13.2 Å². The van der Waals surface area contributed by atoms with E-state index in [0.717, 1.165) is 36.3 Å². The molecule has 1 aromatic rings. The highest BCUT2D eigenvalue weighted by molar-refractivity contribution is 5.77. The van der Waals surface area contributed by atoms with Crippen molar-refractivity contribution in [2.24, 2.45) is 5.73 Å². The van der Waals surface area contributed by atoms with Gasteiger partial charge in [-0.25, -0.2) is 0 Å². The molecule has 1 aliphatic carbocycles. The molecule has 0 saturated heterocycles. The number of carbonyl (C=O) groups excluding carboxylic acids is 1. The number of fused-ring (bicyclic) bond motifs is 1. The highest BCUT2D eigenvalue weighted by Crippen LogP contribution is 2.34. The molecule has 0 bridgehead atoms. The molecule has 1 saturated carbocycles. The zero-order valence-electron chi connectivity index (χ0n) is 12.4. The van der Waals surface area contributed by atoms with Gasteiger partial charge in [0.15, 0.2) is 11.5 Å². The number of carbonyl (C=O) groups is 1. The Kier molecular flexibility index (Phi) is 3.76. The van der Waals surface area contributed by atoms with Gasteiger partial charge in [0.05, 0.1) is 6.04 Å². The summed E-state index contributed by atoms with van der Waals surface area (Å²) >= 11 is 0. The number of rotatable bonds is 4. The van der Waals surface area contributed by atoms with Crippen molar-refractivity contribution >= 4 is 5.91 Å². The third kappa shape index (κ3) is 3.13. The number of benzene rings is 1. The first-order valence-corrected chi connectivity index (χ1v) is 7.54. The molecule has 1 aromatic carbocycles. The maximum Gasteiger partial charge on any atom is 0.222 e. The van der Waals surface area contributed by atoms with Crippen molar-refractivity contribution in [1.82, 2.24) is 5.32 Å². The van der Waals surface area contributed by atoms with Gasteiger partial charge < -0.3 is 20.5 Å². The largest absolute Gasteiger partial charge is 0.486 e. The van der Waals surface area contributed by atoms with Crippen molar-refractivity contribution in [2.45, 2.75) is 44.2 Å². The van der Waals surface area contributed by atoms with Crippen molar-refractivity contribution in [2.75, 3.05) is 13.2 Å². The Bertz CT molecular complexity index is 540. The van der Waals surface area contributed by atoms with E-state index in [2.05, 4.69) is 5.32 Å². The lowest BCUT2D eigenvalue weighted by Crippen LogP contribution is -2.50. The molecular weight excluding hydrogens is 268 g/mol. The molecule has 21 heavy (non-hydrogen) atoms. The molecule has 3 N–H and O–H groups in total. The quantitative estimate of drug-likeness (QED) is 0.888. The Balaban J connectivity index is 1.62. The molecule has 0 aromatic heterocycles. The number of ether oxygens (including phenoxy) is 2. The smallest absolute Gasteiger partial charge is 0.222 e. The van der Waals surface area contributed by atoms with Gasteiger partial charge in [0.2, 0.25) is 5.91 Å². The van der Waals surface area contributed by atoms with Crippen LogP contribution in [0.3, 0.4) is 0 Å². The molecule has 114 valence electrons. The molecule has 1 atom stereocenters. The van der Waals surface area contributed by atoms with E-state index in [1.807, 2.05) is 25.1 Å². The summed E-state index contributed by atoms with van der Waals surface area (Å²) in [6, 6.07) is 5.71. The van der Waals surface area contributed by atoms with E-state index in [1.165, 1.54) is 0 Å². The maximum atomic E-state index is 12.1. The topological polar surface area (TPSA) is 73.6 Å². The van der Waals surface area contributed by atoms with E-state index in [0.29, 0.717) is 19.6 Å². The molecular formula is C16H22N2O3. The first-order chi connectivity index (χ1) is 10.1. The maximum absolute atomic E-state index is 12.1. The summed E-state index contributed by atoms with van der Waals surface area (Å²) in [5.74, 6) is 1.52. The summed E-state index contributed by atoms with van der Waals surface area (Å²) in [7, 11) is 0. The standard InChI is InChI=1S/C16H22N2O3/c1-11(18-15(19)10-16(17)5-2-6-16)12-3-4-13-14(9-12)21-8-7-20-13/h3-4,9,11H,2,5-8,10,17H2,1H3,(H,18,19). The lowest BCUT2D eigenvalue weighted by molar-refractivity contribution is -0.123. The third-order valence-electron chi connectivity index (χ3n) is 4.31.